The van der Waals surface area contributed by atoms with E-state index in [9.17, 15) is 50.5 Å². The first-order chi connectivity index (χ1) is 24.6. The van der Waals surface area contributed by atoms with E-state index >= 15 is 0 Å². The lowest BCUT2D eigenvalue weighted by molar-refractivity contribution is 0.101. The van der Waals surface area contributed by atoms with Crippen LogP contribution in [-0.2, 0) is 20.2 Å². The van der Waals surface area contributed by atoms with Gasteiger partial charge in [0.25, 0.3) is 32.1 Å². The standard InChI is InChI=1S/C35H26N4O11S2/c40-25-17-11-19-3-1-5-27(51(45,46)47)29(19)31(25)38-33(42)21-7-13-23(14-8-21)36-35(44)37-24-15-9-22(10-16-24)34(43)39-32-26(41)18-12-20-4-2-6-28(30(20)32)52(48,49)50/h1-18,40-41H,(H,38,42)(H,39,43)(H2,36,37,44)(H,45,46,47)(H,48,49,50). The van der Waals surface area contributed by atoms with Gasteiger partial charge in [-0.15, -0.1) is 0 Å². The molecule has 0 aromatic heterocycles. The Labute approximate surface area is 295 Å². The molecule has 52 heavy (non-hydrogen) atoms. The maximum Gasteiger partial charge on any atom is 0.323 e. The Morgan fingerprint density at radius 1 is 0.462 bits per heavy atom. The second-order valence-electron chi connectivity index (χ2n) is 11.2. The van der Waals surface area contributed by atoms with Gasteiger partial charge >= 0.3 is 6.03 Å². The van der Waals surface area contributed by atoms with E-state index in [1.54, 1.807) is 12.1 Å². The summed E-state index contributed by atoms with van der Waals surface area (Å²) < 4.78 is 67.3. The zero-order valence-corrected chi connectivity index (χ0v) is 28.0. The molecule has 4 amide bonds. The molecule has 0 unspecified atom stereocenters. The van der Waals surface area contributed by atoms with Gasteiger partial charge in [-0.3, -0.25) is 18.7 Å². The number of carbonyl (C=O) groups is 3. The minimum Gasteiger partial charge on any atom is -0.506 e. The van der Waals surface area contributed by atoms with E-state index < -0.39 is 59.4 Å². The van der Waals surface area contributed by atoms with E-state index in [0.717, 1.165) is 12.1 Å². The number of urea groups is 1. The predicted octanol–water partition coefficient (Wildman–Crippen LogP) is 6.05. The van der Waals surface area contributed by atoms with Crippen molar-refractivity contribution in [1.82, 2.24) is 0 Å². The molecule has 0 aliphatic heterocycles. The van der Waals surface area contributed by atoms with Gasteiger partial charge in [0.15, 0.2) is 0 Å². The monoisotopic (exact) mass is 742 g/mol. The average molecular weight is 743 g/mol. The summed E-state index contributed by atoms with van der Waals surface area (Å²) in [5.41, 5.74) is 0.299. The van der Waals surface area contributed by atoms with Crippen LogP contribution in [0.1, 0.15) is 20.7 Å². The van der Waals surface area contributed by atoms with Crippen LogP contribution in [0, 0.1) is 0 Å². The van der Waals surface area contributed by atoms with Crippen molar-refractivity contribution in [2.24, 2.45) is 0 Å². The molecule has 0 atom stereocenters. The second-order valence-corrected chi connectivity index (χ2v) is 14.0. The Balaban J connectivity index is 1.11. The molecule has 0 heterocycles. The molecule has 17 heteroatoms. The van der Waals surface area contributed by atoms with Crippen molar-refractivity contribution in [2.75, 3.05) is 21.3 Å². The van der Waals surface area contributed by atoms with Crippen molar-refractivity contribution in [1.29, 1.82) is 0 Å². The van der Waals surface area contributed by atoms with Crippen LogP contribution in [0.2, 0.25) is 0 Å². The summed E-state index contributed by atoms with van der Waals surface area (Å²) in [5.74, 6) is -2.30. The van der Waals surface area contributed by atoms with E-state index in [4.69, 9.17) is 0 Å². The van der Waals surface area contributed by atoms with Crippen molar-refractivity contribution in [3.8, 4) is 11.5 Å². The van der Waals surface area contributed by atoms with Gasteiger partial charge in [0, 0.05) is 33.3 Å². The lowest BCUT2D eigenvalue weighted by Crippen LogP contribution is -2.20. The zero-order chi connectivity index (χ0) is 37.4. The number of benzene rings is 6. The van der Waals surface area contributed by atoms with Gasteiger partial charge in [-0.25, -0.2) is 4.79 Å². The molecule has 6 rings (SSSR count). The zero-order valence-electron chi connectivity index (χ0n) is 26.4. The third kappa shape index (κ3) is 7.32. The summed E-state index contributed by atoms with van der Waals surface area (Å²) in [6.45, 7) is 0. The molecule has 0 saturated heterocycles. The highest BCUT2D eigenvalue weighted by Crippen LogP contribution is 2.38. The second kappa shape index (κ2) is 13.6. The molecule has 0 radical (unpaired) electrons. The van der Waals surface area contributed by atoms with E-state index in [0.29, 0.717) is 10.8 Å². The molecule has 6 aromatic rings. The molecule has 8 N–H and O–H groups in total. The number of phenols is 2. The molecule has 0 aliphatic rings. The van der Waals surface area contributed by atoms with Crippen LogP contribution in [0.3, 0.4) is 0 Å². The largest absolute Gasteiger partial charge is 0.506 e. The van der Waals surface area contributed by atoms with Gasteiger partial charge in [-0.05, 0) is 83.6 Å². The number of phenolic OH excluding ortho intramolecular Hbond substituents is 2. The Hall–Kier alpha value is -6.53. The number of aromatic hydroxyl groups is 2. The van der Waals surface area contributed by atoms with Crippen molar-refractivity contribution in [3.63, 3.8) is 0 Å². The van der Waals surface area contributed by atoms with Gasteiger partial charge in [-0.2, -0.15) is 16.8 Å². The van der Waals surface area contributed by atoms with Gasteiger partial charge in [-0.1, -0.05) is 36.4 Å². The highest BCUT2D eigenvalue weighted by Gasteiger charge is 2.22. The summed E-state index contributed by atoms with van der Waals surface area (Å²) in [6, 6.07) is 24.0. The number of carbonyl (C=O) groups excluding carboxylic acids is 3. The number of anilines is 4. The van der Waals surface area contributed by atoms with Gasteiger partial charge in [0.2, 0.25) is 0 Å². The van der Waals surface area contributed by atoms with Crippen LogP contribution < -0.4 is 21.3 Å². The quantitative estimate of drug-likeness (QED) is 0.0659. The fourth-order valence-corrected chi connectivity index (χ4v) is 6.88. The maximum atomic E-state index is 13.0. The molecule has 0 bridgehead atoms. The third-order valence-corrected chi connectivity index (χ3v) is 9.61. The van der Waals surface area contributed by atoms with Crippen molar-refractivity contribution >= 4 is 82.4 Å². The Bertz CT molecular complexity index is 2460. The predicted molar refractivity (Wildman–Crippen MR) is 192 cm³/mol. The lowest BCUT2D eigenvalue weighted by atomic mass is 10.1. The highest BCUT2D eigenvalue weighted by molar-refractivity contribution is 7.86. The van der Waals surface area contributed by atoms with Crippen LogP contribution in [-0.4, -0.2) is 54.0 Å². The minimum atomic E-state index is -4.70. The minimum absolute atomic E-state index is 0.0830. The highest BCUT2D eigenvalue weighted by atomic mass is 32.2. The van der Waals surface area contributed by atoms with Crippen LogP contribution in [0.5, 0.6) is 11.5 Å². The normalized spacial score (nSPS) is 11.6. The number of hydrogen-bond donors (Lipinski definition) is 8. The Kier molecular flexibility index (Phi) is 9.26. The van der Waals surface area contributed by atoms with Gasteiger partial charge in [0.1, 0.15) is 21.3 Å². The average Bonchev–Trinajstić information content (AvgIpc) is 3.09. The lowest BCUT2D eigenvalue weighted by Gasteiger charge is -2.14. The van der Waals surface area contributed by atoms with E-state index in [1.165, 1.54) is 84.9 Å². The van der Waals surface area contributed by atoms with Crippen LogP contribution >= 0.6 is 0 Å². The molecule has 15 nitrogen and oxygen atoms in total. The third-order valence-electron chi connectivity index (χ3n) is 7.81. The van der Waals surface area contributed by atoms with E-state index in [1.807, 2.05) is 0 Å². The first kappa shape index (κ1) is 35.3. The first-order valence-corrected chi connectivity index (χ1v) is 17.8. The first-order valence-electron chi connectivity index (χ1n) is 15.0. The topological polar surface area (TPSA) is 249 Å². The van der Waals surface area contributed by atoms with Gasteiger partial charge < -0.3 is 31.5 Å². The summed E-state index contributed by atoms with van der Waals surface area (Å²) >= 11 is 0. The van der Waals surface area contributed by atoms with Crippen molar-refractivity contribution < 1.29 is 50.5 Å². The van der Waals surface area contributed by atoms with Crippen LogP contribution in [0.15, 0.2) is 119 Å². The molecule has 0 saturated carbocycles. The summed E-state index contributed by atoms with van der Waals surface area (Å²) in [7, 11) is -9.40. The summed E-state index contributed by atoms with van der Waals surface area (Å²) in [5, 5.41) is 31.5. The fraction of sp³-hybridized carbons (Fsp3) is 0. The summed E-state index contributed by atoms with van der Waals surface area (Å²) in [6.07, 6.45) is 0. The molecular weight excluding hydrogens is 717 g/mol. The SMILES string of the molecule is O=C(Nc1ccc(C(=O)Nc2c(O)ccc3cccc(S(=O)(=O)O)c23)cc1)Nc1ccc(C(=O)Nc2c(O)ccc3cccc(S(=O)(=O)O)c23)cc1. The van der Waals surface area contributed by atoms with Crippen LogP contribution in [0.25, 0.3) is 21.5 Å². The summed E-state index contributed by atoms with van der Waals surface area (Å²) in [4.78, 5) is 37.8. The molecule has 264 valence electrons. The molecule has 0 fully saturated rings. The number of amides is 4. The number of nitrogens with one attached hydrogen (secondary N) is 4. The number of hydrogen-bond acceptors (Lipinski definition) is 9. The van der Waals surface area contributed by atoms with E-state index in [-0.39, 0.29) is 44.6 Å². The Morgan fingerprint density at radius 2 is 0.827 bits per heavy atom. The molecular formula is C35H26N4O11S2. The fourth-order valence-electron chi connectivity index (χ4n) is 5.43. The molecule has 0 aliphatic carbocycles. The maximum absolute atomic E-state index is 13.0. The molecule has 0 spiro atoms. The van der Waals surface area contributed by atoms with Crippen LogP contribution in [0.4, 0.5) is 27.5 Å². The Morgan fingerprint density at radius 3 is 1.17 bits per heavy atom. The number of rotatable bonds is 8. The van der Waals surface area contributed by atoms with Crippen molar-refractivity contribution in [2.45, 2.75) is 9.79 Å². The molecule has 6 aromatic carbocycles. The van der Waals surface area contributed by atoms with Gasteiger partial charge in [0.05, 0.1) is 11.4 Å². The van der Waals surface area contributed by atoms with E-state index in [2.05, 4.69) is 21.3 Å². The number of fused-ring (bicyclic) bond motifs is 2. The smallest absolute Gasteiger partial charge is 0.323 e. The van der Waals surface area contributed by atoms with Crippen molar-refractivity contribution in [3.05, 3.63) is 120 Å².